The summed E-state index contributed by atoms with van der Waals surface area (Å²) in [4.78, 5) is 10.1. The van der Waals surface area contributed by atoms with Crippen molar-refractivity contribution in [2.24, 2.45) is 0 Å². The summed E-state index contributed by atoms with van der Waals surface area (Å²) >= 11 is 0. The molecule has 0 fully saturated rings. The number of rotatable bonds is 2. The van der Waals surface area contributed by atoms with Crippen LogP contribution in [0.25, 0.3) is 0 Å². The lowest BCUT2D eigenvalue weighted by atomic mass is 9.89. The third kappa shape index (κ3) is 2.43. The van der Waals surface area contributed by atoms with E-state index in [2.05, 4.69) is 0 Å². The van der Waals surface area contributed by atoms with E-state index in [1.165, 1.54) is 20.8 Å². The van der Waals surface area contributed by atoms with Crippen molar-refractivity contribution in [3.63, 3.8) is 0 Å². The molecule has 10 heavy (non-hydrogen) atoms. The average Bonchev–Trinajstić information content (AvgIpc) is 1.64. The molecule has 0 aromatic carbocycles. The van der Waals surface area contributed by atoms with Crippen LogP contribution in [-0.4, -0.2) is 33.2 Å². The van der Waals surface area contributed by atoms with Crippen molar-refractivity contribution in [3.8, 4) is 0 Å². The first-order chi connectivity index (χ1) is 3.81. The normalized spacial score (nSPS) is 16.9. The maximum Gasteiger partial charge on any atom is 0.154 e. The molecule has 4 N–H and O–H groups in total. The fraction of sp³-hybridized carbons (Fsp3) is 0.833. The molecule has 0 amide bonds. The van der Waals surface area contributed by atoms with Crippen molar-refractivity contribution >= 4 is 6.29 Å². The van der Waals surface area contributed by atoms with Gasteiger partial charge in [0.25, 0.3) is 0 Å². The Morgan fingerprint density at radius 2 is 1.50 bits per heavy atom. The van der Waals surface area contributed by atoms with Crippen LogP contribution in [-0.2, 0) is 4.79 Å². The molecule has 0 saturated heterocycles. The standard InChI is InChI=1S/C6H12O3.H2O/c1-5(2,8)6(3,9)4-7;/h4,8-9H,1-3H3;1H2. The zero-order valence-corrected chi connectivity index (χ0v) is 6.38. The molecule has 0 spiro atoms. The number of hydrogen-bond acceptors (Lipinski definition) is 3. The third-order valence-corrected chi connectivity index (χ3v) is 1.47. The minimum absolute atomic E-state index is 0. The molecule has 62 valence electrons. The second kappa shape index (κ2) is 3.09. The van der Waals surface area contributed by atoms with Crippen molar-refractivity contribution in [1.82, 2.24) is 0 Å². The van der Waals surface area contributed by atoms with Gasteiger partial charge in [-0.05, 0) is 20.8 Å². The van der Waals surface area contributed by atoms with Gasteiger partial charge in [-0.2, -0.15) is 0 Å². The predicted octanol–water partition coefficient (Wildman–Crippen LogP) is -1.12. The van der Waals surface area contributed by atoms with Gasteiger partial charge in [-0.3, -0.25) is 0 Å². The number of aliphatic hydroxyl groups is 2. The van der Waals surface area contributed by atoms with Crippen LogP contribution in [0.4, 0.5) is 0 Å². The Balaban J connectivity index is 0. The molecule has 0 aliphatic heterocycles. The zero-order valence-electron chi connectivity index (χ0n) is 6.38. The molecule has 0 aliphatic carbocycles. The smallest absolute Gasteiger partial charge is 0.154 e. The van der Waals surface area contributed by atoms with E-state index in [1.807, 2.05) is 0 Å². The summed E-state index contributed by atoms with van der Waals surface area (Å²) in [6, 6.07) is 0. The SMILES string of the molecule is CC(C)(O)C(C)(O)C=O.O. The van der Waals surface area contributed by atoms with Crippen LogP contribution >= 0.6 is 0 Å². The maximum atomic E-state index is 10.1. The highest BCUT2D eigenvalue weighted by atomic mass is 16.4. The van der Waals surface area contributed by atoms with Crippen molar-refractivity contribution in [2.75, 3.05) is 0 Å². The number of carbonyl (C=O) groups excluding carboxylic acids is 1. The van der Waals surface area contributed by atoms with Gasteiger partial charge in [-0.25, -0.2) is 0 Å². The second-order valence-corrected chi connectivity index (χ2v) is 2.82. The fourth-order valence-corrected chi connectivity index (χ4v) is 0.144. The first-order valence-corrected chi connectivity index (χ1v) is 2.72. The number of aldehydes is 1. The molecule has 4 nitrogen and oxygen atoms in total. The Morgan fingerprint density at radius 1 is 1.20 bits per heavy atom. The van der Waals surface area contributed by atoms with E-state index in [0.29, 0.717) is 6.29 Å². The van der Waals surface area contributed by atoms with Crippen molar-refractivity contribution in [1.29, 1.82) is 0 Å². The van der Waals surface area contributed by atoms with E-state index < -0.39 is 11.2 Å². The van der Waals surface area contributed by atoms with Crippen molar-refractivity contribution in [3.05, 3.63) is 0 Å². The second-order valence-electron chi connectivity index (χ2n) is 2.82. The summed E-state index contributed by atoms with van der Waals surface area (Å²) < 4.78 is 0. The van der Waals surface area contributed by atoms with E-state index >= 15 is 0 Å². The highest BCUT2D eigenvalue weighted by Crippen LogP contribution is 2.17. The summed E-state index contributed by atoms with van der Waals surface area (Å²) in [5, 5.41) is 18.1. The van der Waals surface area contributed by atoms with Crippen LogP contribution in [0, 0.1) is 0 Å². The first-order valence-electron chi connectivity index (χ1n) is 2.72. The number of hydrogen-bond donors (Lipinski definition) is 2. The Kier molecular flexibility index (Phi) is 3.79. The van der Waals surface area contributed by atoms with Gasteiger partial charge >= 0.3 is 0 Å². The van der Waals surface area contributed by atoms with E-state index in [-0.39, 0.29) is 5.48 Å². The zero-order chi connectivity index (χ0) is 7.71. The van der Waals surface area contributed by atoms with Crippen LogP contribution in [0.15, 0.2) is 0 Å². The van der Waals surface area contributed by atoms with Crippen molar-refractivity contribution in [2.45, 2.75) is 32.0 Å². The van der Waals surface area contributed by atoms with Gasteiger partial charge in [-0.1, -0.05) is 0 Å². The van der Waals surface area contributed by atoms with Crippen LogP contribution < -0.4 is 0 Å². The molecule has 4 heteroatoms. The Labute approximate surface area is 59.8 Å². The minimum atomic E-state index is -1.65. The molecular weight excluding hydrogens is 136 g/mol. The molecule has 0 saturated carbocycles. The molecule has 0 bridgehead atoms. The quantitative estimate of drug-likeness (QED) is 0.489. The average molecular weight is 150 g/mol. The topological polar surface area (TPSA) is 89.0 Å². The molecular formula is C6H14O4. The lowest BCUT2D eigenvalue weighted by Gasteiger charge is -2.29. The highest BCUT2D eigenvalue weighted by molar-refractivity contribution is 5.63. The minimum Gasteiger partial charge on any atom is -0.412 e. The van der Waals surface area contributed by atoms with E-state index in [4.69, 9.17) is 10.2 Å². The summed E-state index contributed by atoms with van der Waals surface area (Å²) in [7, 11) is 0. The molecule has 0 aliphatic rings. The van der Waals surface area contributed by atoms with Crippen molar-refractivity contribution < 1.29 is 20.5 Å². The molecule has 0 aromatic heterocycles. The van der Waals surface area contributed by atoms with Gasteiger partial charge in [-0.15, -0.1) is 0 Å². The summed E-state index contributed by atoms with van der Waals surface area (Å²) in [5.41, 5.74) is -3.01. The molecule has 0 rings (SSSR count). The molecule has 1 atom stereocenters. The van der Waals surface area contributed by atoms with Crippen LogP contribution in [0.5, 0.6) is 0 Å². The fourth-order valence-electron chi connectivity index (χ4n) is 0.144. The number of carbonyl (C=O) groups is 1. The maximum absolute atomic E-state index is 10.1. The van der Waals surface area contributed by atoms with E-state index in [9.17, 15) is 4.79 Å². The lowest BCUT2D eigenvalue weighted by Crippen LogP contribution is -2.48. The van der Waals surface area contributed by atoms with Gasteiger partial charge in [0.1, 0.15) is 5.60 Å². The van der Waals surface area contributed by atoms with Gasteiger partial charge in [0, 0.05) is 0 Å². The van der Waals surface area contributed by atoms with Gasteiger partial charge in [0.05, 0.1) is 5.60 Å². The van der Waals surface area contributed by atoms with Crippen LogP contribution in [0.3, 0.4) is 0 Å². The molecule has 0 aromatic rings. The van der Waals surface area contributed by atoms with Crippen LogP contribution in [0.1, 0.15) is 20.8 Å². The van der Waals surface area contributed by atoms with Gasteiger partial charge in [0.2, 0.25) is 0 Å². The molecule has 1 unspecified atom stereocenters. The molecule has 0 heterocycles. The largest absolute Gasteiger partial charge is 0.412 e. The lowest BCUT2D eigenvalue weighted by molar-refractivity contribution is -0.148. The first kappa shape index (κ1) is 12.2. The summed E-state index contributed by atoms with van der Waals surface area (Å²) in [6.45, 7) is 4.02. The summed E-state index contributed by atoms with van der Waals surface area (Å²) in [6.07, 6.45) is 0.326. The van der Waals surface area contributed by atoms with E-state index in [1.54, 1.807) is 0 Å². The Hall–Kier alpha value is -0.450. The molecule has 0 radical (unpaired) electrons. The summed E-state index contributed by atoms with van der Waals surface area (Å²) in [5.74, 6) is 0. The Morgan fingerprint density at radius 3 is 1.50 bits per heavy atom. The van der Waals surface area contributed by atoms with E-state index in [0.717, 1.165) is 0 Å². The Bertz CT molecular complexity index is 111. The third-order valence-electron chi connectivity index (χ3n) is 1.47. The van der Waals surface area contributed by atoms with Gasteiger partial charge in [0.15, 0.2) is 6.29 Å². The predicted molar refractivity (Wildman–Crippen MR) is 36.6 cm³/mol. The van der Waals surface area contributed by atoms with Gasteiger partial charge < -0.3 is 20.5 Å². The van der Waals surface area contributed by atoms with Crippen LogP contribution in [0.2, 0.25) is 0 Å². The highest BCUT2D eigenvalue weighted by Gasteiger charge is 2.36. The monoisotopic (exact) mass is 150 g/mol.